The molecule has 0 aromatic carbocycles. The predicted octanol–water partition coefficient (Wildman–Crippen LogP) is -0.105. The maximum absolute atomic E-state index is 8.59. The van der Waals surface area contributed by atoms with Crippen LogP contribution in [0.3, 0.4) is 0 Å². The highest BCUT2D eigenvalue weighted by molar-refractivity contribution is 4.63. The molecule has 0 unspecified atom stereocenters. The Kier molecular flexibility index (Phi) is 2.97. The lowest BCUT2D eigenvalue weighted by atomic mass is 9.97. The van der Waals surface area contributed by atoms with Crippen LogP contribution in [0.4, 0.5) is 0 Å². The van der Waals surface area contributed by atoms with Crippen LogP contribution in [-0.4, -0.2) is 18.3 Å². The van der Waals surface area contributed by atoms with Crippen LogP contribution in [0.1, 0.15) is 13.8 Å². The van der Waals surface area contributed by atoms with Gasteiger partial charge >= 0.3 is 0 Å². The Morgan fingerprint density at radius 2 is 2.12 bits per heavy atom. The van der Waals surface area contributed by atoms with Crippen molar-refractivity contribution < 1.29 is 9.94 Å². The van der Waals surface area contributed by atoms with Gasteiger partial charge in [0, 0.05) is 5.41 Å². The Hall–Kier alpha value is -0.120. The molecule has 0 heterocycles. The topological polar surface area (TPSA) is 55.5 Å². The van der Waals surface area contributed by atoms with Gasteiger partial charge in [-0.1, -0.05) is 13.8 Å². The van der Waals surface area contributed by atoms with Crippen molar-refractivity contribution in [2.45, 2.75) is 13.8 Å². The zero-order valence-electron chi connectivity index (χ0n) is 5.35. The molecule has 0 radical (unpaired) electrons. The first kappa shape index (κ1) is 7.88. The van der Waals surface area contributed by atoms with Gasteiger partial charge in [-0.25, -0.2) is 5.90 Å². The summed E-state index contributed by atoms with van der Waals surface area (Å²) in [6.45, 7) is 4.24. The lowest BCUT2D eigenvalue weighted by Crippen LogP contribution is -2.25. The van der Waals surface area contributed by atoms with E-state index in [9.17, 15) is 0 Å². The fourth-order valence-electron chi connectivity index (χ4n) is 0.271. The smallest absolute Gasteiger partial charge is 0.0752 e. The minimum Gasteiger partial charge on any atom is -0.396 e. The van der Waals surface area contributed by atoms with Crippen LogP contribution < -0.4 is 5.90 Å². The largest absolute Gasteiger partial charge is 0.396 e. The molecule has 0 amide bonds. The molecule has 3 N–H and O–H groups in total. The molecule has 0 aromatic heterocycles. The molecule has 0 aliphatic carbocycles. The normalized spacial score (nSPS) is 12.0. The van der Waals surface area contributed by atoms with Gasteiger partial charge in [0.1, 0.15) is 0 Å². The summed E-state index contributed by atoms with van der Waals surface area (Å²) in [6, 6.07) is 0. The average Bonchev–Trinajstić information content (AvgIpc) is 1.67. The van der Waals surface area contributed by atoms with Gasteiger partial charge in [0.15, 0.2) is 0 Å². The van der Waals surface area contributed by atoms with E-state index < -0.39 is 0 Å². The maximum Gasteiger partial charge on any atom is 0.0752 e. The quantitative estimate of drug-likeness (QED) is 0.510. The fourth-order valence-corrected chi connectivity index (χ4v) is 0.271. The molecule has 0 aliphatic rings. The molecule has 0 saturated heterocycles. The molecule has 50 valence electrons. The summed E-state index contributed by atoms with van der Waals surface area (Å²) < 4.78 is 0. The first-order valence-electron chi connectivity index (χ1n) is 2.55. The molecule has 0 fully saturated rings. The Morgan fingerprint density at radius 1 is 1.62 bits per heavy atom. The summed E-state index contributed by atoms with van der Waals surface area (Å²) in [4.78, 5) is 4.34. The van der Waals surface area contributed by atoms with Crippen LogP contribution in [0.5, 0.6) is 0 Å². The van der Waals surface area contributed by atoms with E-state index in [4.69, 9.17) is 11.0 Å². The third-order valence-corrected chi connectivity index (χ3v) is 0.902. The summed E-state index contributed by atoms with van der Waals surface area (Å²) in [6.07, 6.45) is 0. The molecule has 8 heavy (non-hydrogen) atoms. The van der Waals surface area contributed by atoms with Gasteiger partial charge in [-0.15, -0.1) is 0 Å². The molecular formula is C5H13NO2. The Bertz CT molecular complexity index is 63.4. The monoisotopic (exact) mass is 119 g/mol. The van der Waals surface area contributed by atoms with E-state index in [0.717, 1.165) is 0 Å². The zero-order chi connectivity index (χ0) is 6.62. The second kappa shape index (κ2) is 3.02. The van der Waals surface area contributed by atoms with E-state index in [1.165, 1.54) is 0 Å². The number of aliphatic hydroxyl groups is 1. The molecule has 3 nitrogen and oxygen atoms in total. The van der Waals surface area contributed by atoms with Gasteiger partial charge in [0.25, 0.3) is 0 Å². The van der Waals surface area contributed by atoms with Crippen molar-refractivity contribution in [3.8, 4) is 0 Å². The van der Waals surface area contributed by atoms with Gasteiger partial charge in [-0.05, 0) is 0 Å². The number of nitrogens with two attached hydrogens (primary N) is 1. The second-order valence-corrected chi connectivity index (χ2v) is 2.63. The van der Waals surface area contributed by atoms with Crippen LogP contribution in [0.2, 0.25) is 0 Å². The summed E-state index contributed by atoms with van der Waals surface area (Å²) in [7, 11) is 0. The van der Waals surface area contributed by atoms with Crippen LogP contribution in [0, 0.1) is 5.41 Å². The highest BCUT2D eigenvalue weighted by Gasteiger charge is 2.15. The van der Waals surface area contributed by atoms with Gasteiger partial charge in [-0.2, -0.15) is 0 Å². The maximum atomic E-state index is 8.59. The van der Waals surface area contributed by atoms with Gasteiger partial charge < -0.3 is 9.94 Å². The summed E-state index contributed by atoms with van der Waals surface area (Å²) in [5.74, 6) is 4.78. The van der Waals surface area contributed by atoms with E-state index in [1.54, 1.807) is 0 Å². The van der Waals surface area contributed by atoms with E-state index in [1.807, 2.05) is 13.8 Å². The highest BCUT2D eigenvalue weighted by Crippen LogP contribution is 2.11. The van der Waals surface area contributed by atoms with Crippen molar-refractivity contribution in [1.29, 1.82) is 0 Å². The lowest BCUT2D eigenvalue weighted by molar-refractivity contribution is 0.0277. The van der Waals surface area contributed by atoms with E-state index in [2.05, 4.69) is 4.84 Å². The number of rotatable bonds is 3. The van der Waals surface area contributed by atoms with Crippen LogP contribution in [-0.2, 0) is 4.84 Å². The molecule has 0 aromatic rings. The third-order valence-electron chi connectivity index (χ3n) is 0.902. The van der Waals surface area contributed by atoms with Gasteiger partial charge in [-0.3, -0.25) is 0 Å². The summed E-state index contributed by atoms with van der Waals surface area (Å²) in [5, 5.41) is 8.59. The van der Waals surface area contributed by atoms with Crippen molar-refractivity contribution in [3.05, 3.63) is 0 Å². The third kappa shape index (κ3) is 2.96. The SMILES string of the molecule is CC(C)(CO)CON. The first-order valence-corrected chi connectivity index (χ1v) is 2.55. The van der Waals surface area contributed by atoms with E-state index in [-0.39, 0.29) is 12.0 Å². The number of hydrogen-bond donors (Lipinski definition) is 2. The molecule has 0 atom stereocenters. The van der Waals surface area contributed by atoms with E-state index in [0.29, 0.717) is 6.61 Å². The van der Waals surface area contributed by atoms with Gasteiger partial charge in [0.2, 0.25) is 0 Å². The minimum atomic E-state index is -0.200. The van der Waals surface area contributed by atoms with Crippen molar-refractivity contribution in [2.24, 2.45) is 11.3 Å². The van der Waals surface area contributed by atoms with E-state index >= 15 is 0 Å². The highest BCUT2D eigenvalue weighted by atomic mass is 16.6. The first-order chi connectivity index (χ1) is 3.62. The number of hydrogen-bond acceptors (Lipinski definition) is 3. The standard InChI is InChI=1S/C5H13NO2/c1-5(2,3-7)4-8-6/h7H,3-4,6H2,1-2H3. The summed E-state index contributed by atoms with van der Waals surface area (Å²) >= 11 is 0. The minimum absolute atomic E-state index is 0.101. The molecule has 3 heteroatoms. The Labute approximate surface area is 49.4 Å². The van der Waals surface area contributed by atoms with Crippen molar-refractivity contribution in [1.82, 2.24) is 0 Å². The molecular weight excluding hydrogens is 106 g/mol. The molecule has 0 rings (SSSR count). The van der Waals surface area contributed by atoms with Gasteiger partial charge in [0.05, 0.1) is 13.2 Å². The van der Waals surface area contributed by atoms with Crippen LogP contribution >= 0.6 is 0 Å². The molecule has 0 aliphatic heterocycles. The van der Waals surface area contributed by atoms with Crippen molar-refractivity contribution >= 4 is 0 Å². The zero-order valence-corrected chi connectivity index (χ0v) is 5.35. The Balaban J connectivity index is 3.37. The molecule has 0 spiro atoms. The van der Waals surface area contributed by atoms with Crippen molar-refractivity contribution in [3.63, 3.8) is 0 Å². The fraction of sp³-hybridized carbons (Fsp3) is 1.00. The van der Waals surface area contributed by atoms with Crippen LogP contribution in [0.25, 0.3) is 0 Å². The van der Waals surface area contributed by atoms with Crippen LogP contribution in [0.15, 0.2) is 0 Å². The predicted molar refractivity (Wildman–Crippen MR) is 31.0 cm³/mol. The number of aliphatic hydroxyl groups excluding tert-OH is 1. The second-order valence-electron chi connectivity index (χ2n) is 2.63. The van der Waals surface area contributed by atoms with Crippen molar-refractivity contribution in [2.75, 3.05) is 13.2 Å². The molecule has 0 saturated carbocycles. The molecule has 0 bridgehead atoms. The Morgan fingerprint density at radius 3 is 2.25 bits per heavy atom. The summed E-state index contributed by atoms with van der Waals surface area (Å²) in [5.41, 5.74) is -0.200. The lowest BCUT2D eigenvalue weighted by Gasteiger charge is -2.18. The average molecular weight is 119 g/mol.